The van der Waals surface area contributed by atoms with E-state index in [1.54, 1.807) is 0 Å². The lowest BCUT2D eigenvalue weighted by Crippen LogP contribution is -2.00. The molecule has 11 aromatic rings. The normalized spacial score (nSPS) is 11.8. The highest BCUT2D eigenvalue weighted by Crippen LogP contribution is 2.43. The Morgan fingerprint density at radius 1 is 0.509 bits per heavy atom. The van der Waals surface area contributed by atoms with Gasteiger partial charge in [0.25, 0.3) is 0 Å². The Hall–Kier alpha value is -7.24. The molecule has 0 aliphatic heterocycles. The number of aromatic nitrogens is 4. The number of hydrogen-bond donors (Lipinski definition) is 1. The predicted molar refractivity (Wildman–Crippen MR) is 217 cm³/mol. The molecule has 53 heavy (non-hydrogen) atoms. The van der Waals surface area contributed by atoms with E-state index in [9.17, 15) is 0 Å². The lowest BCUT2D eigenvalue weighted by Gasteiger charge is -2.15. The summed E-state index contributed by atoms with van der Waals surface area (Å²) in [6.07, 6.45) is 1.83. The number of aromatic amines is 1. The van der Waals surface area contributed by atoms with Gasteiger partial charge in [-0.1, -0.05) is 115 Å². The number of H-pyrrole nitrogens is 1. The van der Waals surface area contributed by atoms with Crippen molar-refractivity contribution < 1.29 is 4.42 Å². The van der Waals surface area contributed by atoms with Crippen LogP contribution in [0.5, 0.6) is 0 Å². The Labute approximate surface area is 304 Å². The van der Waals surface area contributed by atoms with Crippen LogP contribution in [0.3, 0.4) is 0 Å². The maximum absolute atomic E-state index is 6.51. The first-order chi connectivity index (χ1) is 26.3. The third kappa shape index (κ3) is 4.57. The number of furan rings is 1. The molecule has 0 amide bonds. The van der Waals surface area contributed by atoms with E-state index in [0.29, 0.717) is 0 Å². The van der Waals surface area contributed by atoms with Crippen molar-refractivity contribution >= 4 is 54.8 Å². The molecule has 248 valence electrons. The maximum Gasteiger partial charge on any atom is 0.147 e. The Bertz CT molecular complexity index is 3170. The van der Waals surface area contributed by atoms with Crippen LogP contribution in [0.4, 0.5) is 0 Å². The van der Waals surface area contributed by atoms with Crippen LogP contribution in [0.15, 0.2) is 180 Å². The predicted octanol–water partition coefficient (Wildman–Crippen LogP) is 12.6. The number of para-hydroxylation sites is 5. The fourth-order valence-electron chi connectivity index (χ4n) is 8.04. The van der Waals surface area contributed by atoms with Gasteiger partial charge in [-0.2, -0.15) is 0 Å². The van der Waals surface area contributed by atoms with E-state index < -0.39 is 0 Å². The van der Waals surface area contributed by atoms with Gasteiger partial charge in [-0.3, -0.25) is 9.55 Å². The minimum absolute atomic E-state index is 0.828. The van der Waals surface area contributed by atoms with Gasteiger partial charge in [0.05, 0.1) is 27.9 Å². The molecule has 4 heterocycles. The van der Waals surface area contributed by atoms with Crippen LogP contribution in [-0.4, -0.2) is 19.5 Å². The molecule has 1 N–H and O–H groups in total. The van der Waals surface area contributed by atoms with E-state index >= 15 is 0 Å². The first-order valence-electron chi connectivity index (χ1n) is 17.8. The number of rotatable bonds is 5. The Morgan fingerprint density at radius 3 is 2.15 bits per heavy atom. The first-order valence-corrected chi connectivity index (χ1v) is 17.8. The summed E-state index contributed by atoms with van der Waals surface area (Å²) in [7, 11) is 0. The van der Waals surface area contributed by atoms with Gasteiger partial charge in [0.15, 0.2) is 0 Å². The van der Waals surface area contributed by atoms with Crippen molar-refractivity contribution in [3.63, 3.8) is 0 Å². The van der Waals surface area contributed by atoms with Gasteiger partial charge in [-0.25, -0.2) is 4.98 Å². The zero-order valence-corrected chi connectivity index (χ0v) is 28.5. The van der Waals surface area contributed by atoms with Crippen LogP contribution < -0.4 is 0 Å². The van der Waals surface area contributed by atoms with Crippen molar-refractivity contribution in [3.05, 3.63) is 176 Å². The zero-order valence-electron chi connectivity index (χ0n) is 28.5. The van der Waals surface area contributed by atoms with Crippen LogP contribution in [0.2, 0.25) is 0 Å². The molecule has 11 rings (SSSR count). The topological polar surface area (TPSA) is 59.6 Å². The molecule has 0 saturated heterocycles. The quantitative estimate of drug-likeness (QED) is 0.197. The van der Waals surface area contributed by atoms with E-state index in [4.69, 9.17) is 14.4 Å². The number of nitrogens with zero attached hydrogens (tertiary/aromatic N) is 3. The highest BCUT2D eigenvalue weighted by Gasteiger charge is 2.23. The summed E-state index contributed by atoms with van der Waals surface area (Å²) in [5, 5.41) is 4.49. The molecule has 0 bridgehead atoms. The van der Waals surface area contributed by atoms with Gasteiger partial charge < -0.3 is 9.40 Å². The fourth-order valence-corrected chi connectivity index (χ4v) is 8.04. The summed E-state index contributed by atoms with van der Waals surface area (Å²) in [6, 6.07) is 59.4. The standard InChI is InChI=1S/C48H30N4O/c1-2-14-30(15-3-1)32-16-5-8-24-42(32)52-43-25-13-19-33(46(43)51-48(52)37-21-12-20-36-34-17-4-7-23-41(34)50-45(36)37)31-28-38-35-18-6-9-26-44(35)53-47(38)39(29-31)40-22-10-11-27-49-40/h1-29,50H. The van der Waals surface area contributed by atoms with Crippen molar-refractivity contribution in [3.8, 4) is 50.6 Å². The molecule has 7 aromatic carbocycles. The van der Waals surface area contributed by atoms with Crippen molar-refractivity contribution in [1.82, 2.24) is 19.5 Å². The smallest absolute Gasteiger partial charge is 0.147 e. The van der Waals surface area contributed by atoms with Gasteiger partial charge in [0.1, 0.15) is 17.0 Å². The van der Waals surface area contributed by atoms with Crippen LogP contribution in [0, 0.1) is 0 Å². The molecule has 0 aliphatic rings. The van der Waals surface area contributed by atoms with Gasteiger partial charge in [0.2, 0.25) is 0 Å². The highest BCUT2D eigenvalue weighted by molar-refractivity contribution is 6.14. The Kier molecular flexibility index (Phi) is 6.48. The molecule has 0 saturated carbocycles. The van der Waals surface area contributed by atoms with Gasteiger partial charge >= 0.3 is 0 Å². The summed E-state index contributed by atoms with van der Waals surface area (Å²) < 4.78 is 8.85. The Balaban J connectivity index is 1.24. The highest BCUT2D eigenvalue weighted by atomic mass is 16.3. The van der Waals surface area contributed by atoms with E-state index in [1.165, 1.54) is 10.8 Å². The largest absolute Gasteiger partial charge is 0.455 e. The van der Waals surface area contributed by atoms with E-state index in [1.807, 2.05) is 36.5 Å². The molecular formula is C48H30N4O. The number of pyridine rings is 1. The van der Waals surface area contributed by atoms with Crippen molar-refractivity contribution in [1.29, 1.82) is 0 Å². The third-order valence-electron chi connectivity index (χ3n) is 10.4. The first kappa shape index (κ1) is 29.5. The van der Waals surface area contributed by atoms with Crippen molar-refractivity contribution in [2.45, 2.75) is 0 Å². The van der Waals surface area contributed by atoms with Crippen molar-refractivity contribution in [2.24, 2.45) is 0 Å². The second-order valence-corrected chi connectivity index (χ2v) is 13.4. The molecule has 0 fully saturated rings. The average Bonchev–Trinajstić information content (AvgIpc) is 3.93. The number of benzene rings is 7. The molecular weight excluding hydrogens is 649 g/mol. The molecule has 4 aromatic heterocycles. The minimum atomic E-state index is 0.828. The van der Waals surface area contributed by atoms with Crippen molar-refractivity contribution in [2.75, 3.05) is 0 Å². The zero-order chi connectivity index (χ0) is 34.9. The third-order valence-corrected chi connectivity index (χ3v) is 10.4. The minimum Gasteiger partial charge on any atom is -0.455 e. The second kappa shape index (κ2) is 11.7. The number of nitrogens with one attached hydrogen (secondary N) is 1. The second-order valence-electron chi connectivity index (χ2n) is 13.4. The van der Waals surface area contributed by atoms with E-state index in [-0.39, 0.29) is 0 Å². The summed E-state index contributed by atoms with van der Waals surface area (Å²) in [4.78, 5) is 14.1. The van der Waals surface area contributed by atoms with Gasteiger partial charge in [-0.05, 0) is 65.7 Å². The number of hydrogen-bond acceptors (Lipinski definition) is 3. The van der Waals surface area contributed by atoms with Crippen LogP contribution in [0.1, 0.15) is 0 Å². The summed E-state index contributed by atoms with van der Waals surface area (Å²) in [6.45, 7) is 0. The maximum atomic E-state index is 6.51. The molecule has 0 radical (unpaired) electrons. The summed E-state index contributed by atoms with van der Waals surface area (Å²) in [5.74, 6) is 0.868. The lowest BCUT2D eigenvalue weighted by molar-refractivity contribution is 0.670. The summed E-state index contributed by atoms with van der Waals surface area (Å²) in [5.41, 5.74) is 14.0. The number of imidazole rings is 1. The van der Waals surface area contributed by atoms with Crippen LogP contribution in [0.25, 0.3) is 105 Å². The van der Waals surface area contributed by atoms with Gasteiger partial charge in [-0.15, -0.1) is 0 Å². The molecule has 0 aliphatic carbocycles. The van der Waals surface area contributed by atoms with E-state index in [0.717, 1.165) is 94.6 Å². The molecule has 5 nitrogen and oxygen atoms in total. The Morgan fingerprint density at radius 2 is 1.25 bits per heavy atom. The molecule has 0 unspecified atom stereocenters. The monoisotopic (exact) mass is 678 g/mol. The molecule has 0 spiro atoms. The fraction of sp³-hybridized carbons (Fsp3) is 0. The lowest BCUT2D eigenvalue weighted by atomic mass is 9.97. The van der Waals surface area contributed by atoms with E-state index in [2.05, 4.69) is 149 Å². The molecule has 0 atom stereocenters. The number of fused-ring (bicyclic) bond motifs is 7. The van der Waals surface area contributed by atoms with Crippen LogP contribution in [-0.2, 0) is 0 Å². The van der Waals surface area contributed by atoms with Gasteiger partial charge in [0, 0.05) is 55.5 Å². The SMILES string of the molecule is c1ccc(-c2ccccc2-n2c(-c3cccc4c3[nH]c3ccccc34)nc3c(-c4cc(-c5ccccn5)c5oc6ccccc6c5c4)cccc32)cc1. The van der Waals surface area contributed by atoms with Crippen LogP contribution >= 0.6 is 0 Å². The molecule has 5 heteroatoms. The average molecular weight is 679 g/mol. The summed E-state index contributed by atoms with van der Waals surface area (Å²) >= 11 is 0.